The first-order chi connectivity index (χ1) is 27.3. The van der Waals surface area contributed by atoms with E-state index >= 15 is 0 Å². The van der Waals surface area contributed by atoms with Crippen molar-refractivity contribution < 1.29 is 0 Å². The van der Waals surface area contributed by atoms with Gasteiger partial charge in [-0.05, 0) is 56.6 Å². The molecule has 0 radical (unpaired) electrons. The molecule has 4 heteroatoms. The molecule has 2 heterocycles. The molecule has 0 saturated carbocycles. The first-order valence-electron chi connectivity index (χ1n) is 18.6. The minimum atomic E-state index is -0.542. The van der Waals surface area contributed by atoms with Gasteiger partial charge in [-0.3, -0.25) is 4.98 Å². The first kappa shape index (κ1) is 32.4. The number of hydrogen-bond donors (Lipinski definition) is 0. The highest BCUT2D eigenvalue weighted by atomic mass is 15.0. The molecule has 7 aromatic carbocycles. The summed E-state index contributed by atoms with van der Waals surface area (Å²) in [6.07, 6.45) is 1.89. The van der Waals surface area contributed by atoms with Crippen LogP contribution in [0.4, 0.5) is 0 Å². The van der Waals surface area contributed by atoms with Crippen molar-refractivity contribution in [1.82, 2.24) is 19.9 Å². The van der Waals surface area contributed by atoms with Crippen molar-refractivity contribution >= 4 is 0 Å². The molecule has 0 atom stereocenters. The third-order valence-corrected chi connectivity index (χ3v) is 10.7. The highest BCUT2D eigenvalue weighted by Gasteiger charge is 2.47. The Kier molecular flexibility index (Phi) is 8.00. The number of benzene rings is 7. The van der Waals surface area contributed by atoms with E-state index in [1.807, 2.05) is 72.9 Å². The van der Waals surface area contributed by atoms with Crippen molar-refractivity contribution in [2.24, 2.45) is 0 Å². The summed E-state index contributed by atoms with van der Waals surface area (Å²) in [5.41, 5.74) is 13.6. The van der Waals surface area contributed by atoms with E-state index in [-0.39, 0.29) is 0 Å². The number of rotatable bonds is 7. The second-order valence-electron chi connectivity index (χ2n) is 13.7. The van der Waals surface area contributed by atoms with Gasteiger partial charge in [0.1, 0.15) is 0 Å². The molecule has 0 fully saturated rings. The van der Waals surface area contributed by atoms with Gasteiger partial charge in [0, 0.05) is 28.5 Å². The van der Waals surface area contributed by atoms with Gasteiger partial charge in [0.05, 0.1) is 11.1 Å². The predicted octanol–water partition coefficient (Wildman–Crippen LogP) is 12.0. The van der Waals surface area contributed by atoms with E-state index in [1.165, 1.54) is 33.4 Å². The van der Waals surface area contributed by atoms with E-state index in [9.17, 15) is 0 Å². The van der Waals surface area contributed by atoms with Gasteiger partial charge < -0.3 is 0 Å². The van der Waals surface area contributed by atoms with Crippen molar-refractivity contribution in [1.29, 1.82) is 0 Å². The number of nitrogens with zero attached hydrogens (tertiary/aromatic N) is 4. The van der Waals surface area contributed by atoms with Gasteiger partial charge in [-0.1, -0.05) is 188 Å². The molecular formula is C51H34N4. The summed E-state index contributed by atoms with van der Waals surface area (Å²) in [6, 6.07) is 70.2. The monoisotopic (exact) mass is 702 g/mol. The van der Waals surface area contributed by atoms with Crippen molar-refractivity contribution in [2.45, 2.75) is 5.41 Å². The van der Waals surface area contributed by atoms with Gasteiger partial charge in [-0.15, -0.1) is 0 Å². The van der Waals surface area contributed by atoms with Crippen LogP contribution in [0.1, 0.15) is 22.3 Å². The lowest BCUT2D eigenvalue weighted by Gasteiger charge is -2.34. The van der Waals surface area contributed by atoms with Crippen LogP contribution in [-0.2, 0) is 5.41 Å². The summed E-state index contributed by atoms with van der Waals surface area (Å²) in [5, 5.41) is 0. The minimum absolute atomic E-state index is 0.542. The largest absolute Gasteiger partial charge is 0.256 e. The van der Waals surface area contributed by atoms with Crippen LogP contribution in [0, 0.1) is 0 Å². The smallest absolute Gasteiger partial charge is 0.164 e. The third kappa shape index (κ3) is 5.38. The predicted molar refractivity (Wildman–Crippen MR) is 222 cm³/mol. The third-order valence-electron chi connectivity index (χ3n) is 10.7. The number of aromatic nitrogens is 4. The lowest BCUT2D eigenvalue weighted by atomic mass is 9.67. The van der Waals surface area contributed by atoms with Gasteiger partial charge in [0.25, 0.3) is 0 Å². The van der Waals surface area contributed by atoms with Crippen LogP contribution in [0.3, 0.4) is 0 Å². The minimum Gasteiger partial charge on any atom is -0.256 e. The van der Waals surface area contributed by atoms with Crippen molar-refractivity contribution in [3.8, 4) is 67.7 Å². The molecule has 4 nitrogen and oxygen atoms in total. The molecule has 0 bridgehead atoms. The zero-order chi connectivity index (χ0) is 36.6. The van der Waals surface area contributed by atoms with Crippen LogP contribution < -0.4 is 0 Å². The Morgan fingerprint density at radius 2 is 0.800 bits per heavy atom. The molecule has 1 aliphatic rings. The molecule has 1 aliphatic carbocycles. The van der Waals surface area contributed by atoms with Crippen molar-refractivity contribution in [3.63, 3.8) is 0 Å². The Labute approximate surface area is 320 Å². The van der Waals surface area contributed by atoms with Crippen molar-refractivity contribution in [3.05, 3.63) is 229 Å². The van der Waals surface area contributed by atoms with Crippen molar-refractivity contribution in [2.75, 3.05) is 0 Å². The van der Waals surface area contributed by atoms with Crippen LogP contribution >= 0.6 is 0 Å². The Balaban J connectivity index is 1.28. The Bertz CT molecular complexity index is 2690. The molecule has 0 saturated heterocycles. The summed E-state index contributed by atoms with van der Waals surface area (Å²) < 4.78 is 0. The highest BCUT2D eigenvalue weighted by molar-refractivity contribution is 6.02. The first-order valence-corrected chi connectivity index (χ1v) is 18.6. The maximum Gasteiger partial charge on any atom is 0.164 e. The lowest BCUT2D eigenvalue weighted by molar-refractivity contribution is 0.768. The normalized spacial score (nSPS) is 12.5. The highest BCUT2D eigenvalue weighted by Crippen LogP contribution is 2.59. The molecule has 2 aromatic heterocycles. The topological polar surface area (TPSA) is 51.6 Å². The van der Waals surface area contributed by atoms with Crippen LogP contribution in [0.15, 0.2) is 206 Å². The van der Waals surface area contributed by atoms with Crippen LogP contribution in [0.5, 0.6) is 0 Å². The Morgan fingerprint density at radius 1 is 0.309 bits per heavy atom. The summed E-state index contributed by atoms with van der Waals surface area (Å²) in [4.78, 5) is 20.4. The maximum absolute atomic E-state index is 5.16. The van der Waals surface area contributed by atoms with Gasteiger partial charge in [-0.2, -0.15) is 0 Å². The number of hydrogen-bond acceptors (Lipinski definition) is 4. The lowest BCUT2D eigenvalue weighted by Crippen LogP contribution is -2.28. The fourth-order valence-electron chi connectivity index (χ4n) is 8.38. The van der Waals surface area contributed by atoms with E-state index in [1.54, 1.807) is 0 Å². The summed E-state index contributed by atoms with van der Waals surface area (Å²) in [7, 11) is 0. The second kappa shape index (κ2) is 13.6. The number of pyridine rings is 1. The molecular weight excluding hydrogens is 669 g/mol. The summed E-state index contributed by atoms with van der Waals surface area (Å²) >= 11 is 0. The fourth-order valence-corrected chi connectivity index (χ4v) is 8.38. The van der Waals surface area contributed by atoms with Gasteiger partial charge in [0.15, 0.2) is 17.5 Å². The van der Waals surface area contributed by atoms with Crippen LogP contribution in [-0.4, -0.2) is 19.9 Å². The quantitative estimate of drug-likeness (QED) is 0.166. The molecule has 0 amide bonds. The van der Waals surface area contributed by atoms with Gasteiger partial charge in [-0.25, -0.2) is 15.0 Å². The summed E-state index contributed by atoms with van der Waals surface area (Å²) in [6.45, 7) is 0. The zero-order valence-corrected chi connectivity index (χ0v) is 29.9. The SMILES string of the molecule is c1ccc(-c2nc(-c3ccccc3)nc(-c3ccccc3-c3ccc4c(c3-c3ccccn3)-c3ccccc3C4(c3ccccc3)c3ccccc3)n2)cc1. The molecule has 9 aromatic rings. The van der Waals surface area contributed by atoms with Gasteiger partial charge >= 0.3 is 0 Å². The molecule has 258 valence electrons. The average molecular weight is 703 g/mol. The van der Waals surface area contributed by atoms with E-state index in [4.69, 9.17) is 19.9 Å². The second-order valence-corrected chi connectivity index (χ2v) is 13.7. The van der Waals surface area contributed by atoms with Crippen LogP contribution in [0.2, 0.25) is 0 Å². The molecule has 0 spiro atoms. The van der Waals surface area contributed by atoms with E-state index in [0.717, 1.165) is 39.1 Å². The Morgan fingerprint density at radius 3 is 1.38 bits per heavy atom. The standard InChI is InChI=1S/C51H34N4/c1-5-19-35(20-6-1)48-53-49(36-21-7-2-8-22-36)55-50(54-48)41-28-14-13-27-39(41)40-32-33-44-46(47(40)45-31-17-18-34-52-45)42-29-15-16-30-43(42)51(44,37-23-9-3-10-24-37)38-25-11-4-12-26-38/h1-34H. The zero-order valence-electron chi connectivity index (χ0n) is 29.9. The molecule has 10 rings (SSSR count). The van der Waals surface area contributed by atoms with E-state index in [0.29, 0.717) is 17.5 Å². The molecule has 55 heavy (non-hydrogen) atoms. The summed E-state index contributed by atoms with van der Waals surface area (Å²) in [5.74, 6) is 1.87. The van der Waals surface area contributed by atoms with E-state index < -0.39 is 5.41 Å². The molecule has 0 unspecified atom stereocenters. The van der Waals surface area contributed by atoms with E-state index in [2.05, 4.69) is 133 Å². The number of fused-ring (bicyclic) bond motifs is 3. The fraction of sp³-hybridized carbons (Fsp3) is 0.0196. The molecule has 0 N–H and O–H groups in total. The van der Waals surface area contributed by atoms with Crippen LogP contribution in [0.25, 0.3) is 67.7 Å². The maximum atomic E-state index is 5.16. The van der Waals surface area contributed by atoms with Gasteiger partial charge in [0.2, 0.25) is 0 Å². The average Bonchev–Trinajstić information content (AvgIpc) is 3.58. The molecule has 0 aliphatic heterocycles. The Hall–Kier alpha value is -7.30.